The summed E-state index contributed by atoms with van der Waals surface area (Å²) in [5.41, 5.74) is 0.0711. The fraction of sp³-hybridized carbons (Fsp3) is 0.812. The van der Waals surface area contributed by atoms with Crippen molar-refractivity contribution in [1.29, 1.82) is 0 Å². The highest BCUT2D eigenvalue weighted by molar-refractivity contribution is 5.74. The second kappa shape index (κ2) is 8.39. The summed E-state index contributed by atoms with van der Waals surface area (Å²) >= 11 is 0. The lowest BCUT2D eigenvalue weighted by Crippen LogP contribution is -2.48. The third-order valence-corrected chi connectivity index (χ3v) is 3.82. The van der Waals surface area contributed by atoms with E-state index in [0.29, 0.717) is 25.6 Å². The molecule has 1 saturated heterocycles. The molecule has 2 N–H and O–H groups in total. The van der Waals surface area contributed by atoms with Crippen molar-refractivity contribution in [1.82, 2.24) is 10.2 Å². The number of aliphatic hydroxyl groups excluding tert-OH is 1. The van der Waals surface area contributed by atoms with Crippen molar-refractivity contribution in [3.05, 3.63) is 12.7 Å². The molecular formula is C16H30N2O3. The second-order valence-electron chi connectivity index (χ2n) is 6.70. The van der Waals surface area contributed by atoms with Gasteiger partial charge >= 0.3 is 6.03 Å². The Balaban J connectivity index is 2.54. The van der Waals surface area contributed by atoms with E-state index in [-0.39, 0.29) is 24.2 Å². The van der Waals surface area contributed by atoms with Crippen molar-refractivity contribution in [2.75, 3.05) is 32.8 Å². The van der Waals surface area contributed by atoms with Crippen LogP contribution in [0.2, 0.25) is 0 Å². The predicted octanol–water partition coefficient (Wildman–Crippen LogP) is 2.02. The van der Waals surface area contributed by atoms with Crippen LogP contribution >= 0.6 is 0 Å². The summed E-state index contributed by atoms with van der Waals surface area (Å²) < 4.78 is 5.92. The van der Waals surface area contributed by atoms with Crippen molar-refractivity contribution in [3.63, 3.8) is 0 Å². The highest BCUT2D eigenvalue weighted by Crippen LogP contribution is 2.33. The zero-order valence-corrected chi connectivity index (χ0v) is 13.6. The molecule has 1 aliphatic rings. The number of hydrogen-bond donors (Lipinski definition) is 2. The van der Waals surface area contributed by atoms with Gasteiger partial charge in [0.05, 0.1) is 12.7 Å². The zero-order valence-electron chi connectivity index (χ0n) is 13.6. The van der Waals surface area contributed by atoms with Crippen molar-refractivity contribution < 1.29 is 14.6 Å². The van der Waals surface area contributed by atoms with Gasteiger partial charge in [0.15, 0.2) is 0 Å². The van der Waals surface area contributed by atoms with Gasteiger partial charge in [-0.15, -0.1) is 6.58 Å². The first kappa shape index (κ1) is 18.0. The Bertz CT molecular complexity index is 339. The zero-order chi connectivity index (χ0) is 15.9. The van der Waals surface area contributed by atoms with Gasteiger partial charge in [0.25, 0.3) is 0 Å². The van der Waals surface area contributed by atoms with Gasteiger partial charge in [0.1, 0.15) is 0 Å². The topological polar surface area (TPSA) is 61.8 Å². The third-order valence-electron chi connectivity index (χ3n) is 3.82. The number of nitrogens with zero attached hydrogens (tertiary/aromatic N) is 1. The molecule has 1 heterocycles. The predicted molar refractivity (Wildman–Crippen MR) is 84.2 cm³/mol. The average Bonchev–Trinajstić information content (AvgIpc) is 2.44. The minimum absolute atomic E-state index is 0.0432. The van der Waals surface area contributed by atoms with Crippen LogP contribution in [0.4, 0.5) is 4.79 Å². The summed E-state index contributed by atoms with van der Waals surface area (Å²) in [5, 5.41) is 12.0. The molecule has 0 bridgehead atoms. The largest absolute Gasteiger partial charge is 0.395 e. The fourth-order valence-electron chi connectivity index (χ4n) is 2.89. The molecule has 0 aromatic heterocycles. The van der Waals surface area contributed by atoms with E-state index >= 15 is 0 Å². The number of aliphatic hydroxyl groups is 1. The van der Waals surface area contributed by atoms with Crippen molar-refractivity contribution in [2.45, 2.75) is 39.7 Å². The van der Waals surface area contributed by atoms with Crippen molar-refractivity contribution in [2.24, 2.45) is 11.3 Å². The minimum atomic E-state index is -0.151. The maximum absolute atomic E-state index is 12.1. The molecule has 5 nitrogen and oxygen atoms in total. The smallest absolute Gasteiger partial charge is 0.317 e. The molecule has 1 rings (SSSR count). The molecule has 2 amide bonds. The molecule has 122 valence electrons. The van der Waals surface area contributed by atoms with Gasteiger partial charge in [0, 0.05) is 32.2 Å². The van der Waals surface area contributed by atoms with Crippen LogP contribution in [0.15, 0.2) is 12.7 Å². The van der Waals surface area contributed by atoms with Crippen LogP contribution in [0.25, 0.3) is 0 Å². The first-order chi connectivity index (χ1) is 9.90. The van der Waals surface area contributed by atoms with Crippen LogP contribution in [-0.2, 0) is 4.74 Å². The van der Waals surface area contributed by atoms with Crippen LogP contribution in [0.5, 0.6) is 0 Å². The Morgan fingerprint density at radius 2 is 2.24 bits per heavy atom. The summed E-state index contributed by atoms with van der Waals surface area (Å²) in [5.74, 6) is 0.336. The molecule has 0 radical (unpaired) electrons. The first-order valence-electron chi connectivity index (χ1n) is 7.76. The third kappa shape index (κ3) is 5.67. The standard InChI is InChI=1S/C16H30N2O3/c1-5-8-18(9-10-19)15(20)17-12-13-7-6-11-21-14(13)16(2,3)4/h5,13-14,19H,1,6-12H2,2-4H3,(H,17,20). The first-order valence-corrected chi connectivity index (χ1v) is 7.76. The van der Waals surface area contributed by atoms with E-state index in [4.69, 9.17) is 9.84 Å². The van der Waals surface area contributed by atoms with E-state index in [2.05, 4.69) is 32.7 Å². The summed E-state index contributed by atoms with van der Waals surface area (Å²) in [7, 11) is 0. The Kier molecular flexibility index (Phi) is 7.18. The quantitative estimate of drug-likeness (QED) is 0.738. The molecule has 21 heavy (non-hydrogen) atoms. The maximum atomic E-state index is 12.1. The molecule has 2 atom stereocenters. The van der Waals surface area contributed by atoms with Crippen LogP contribution in [0.3, 0.4) is 0 Å². The van der Waals surface area contributed by atoms with Gasteiger partial charge in [-0.1, -0.05) is 26.8 Å². The van der Waals surface area contributed by atoms with Gasteiger partial charge in [-0.2, -0.15) is 0 Å². The molecule has 0 spiro atoms. The number of carbonyl (C=O) groups excluding carboxylic acids is 1. The normalized spacial score (nSPS) is 22.7. The molecule has 0 aromatic carbocycles. The van der Waals surface area contributed by atoms with Crippen LogP contribution in [0, 0.1) is 11.3 Å². The molecule has 0 aromatic rings. The highest BCUT2D eigenvalue weighted by Gasteiger charge is 2.35. The average molecular weight is 298 g/mol. The summed E-state index contributed by atoms with van der Waals surface area (Å²) in [6.45, 7) is 12.3. The van der Waals surface area contributed by atoms with Gasteiger partial charge in [-0.05, 0) is 18.3 Å². The van der Waals surface area contributed by atoms with Gasteiger partial charge < -0.3 is 20.1 Å². The Labute approximate surface area is 128 Å². The lowest BCUT2D eigenvalue weighted by molar-refractivity contribution is -0.0839. The van der Waals surface area contributed by atoms with Crippen LogP contribution in [0.1, 0.15) is 33.6 Å². The monoisotopic (exact) mass is 298 g/mol. The Morgan fingerprint density at radius 3 is 2.81 bits per heavy atom. The van der Waals surface area contributed by atoms with Crippen LogP contribution < -0.4 is 5.32 Å². The molecular weight excluding hydrogens is 268 g/mol. The molecule has 1 aliphatic heterocycles. The van der Waals surface area contributed by atoms with Gasteiger partial charge in [-0.25, -0.2) is 4.79 Å². The van der Waals surface area contributed by atoms with E-state index in [1.165, 1.54) is 0 Å². The lowest BCUT2D eigenvalue weighted by Gasteiger charge is -2.40. The number of nitrogens with one attached hydrogen (secondary N) is 1. The number of rotatable bonds is 6. The van der Waals surface area contributed by atoms with Crippen LogP contribution in [-0.4, -0.2) is 55.0 Å². The highest BCUT2D eigenvalue weighted by atomic mass is 16.5. The minimum Gasteiger partial charge on any atom is -0.395 e. The number of amides is 2. The molecule has 5 heteroatoms. The number of ether oxygens (including phenoxy) is 1. The Morgan fingerprint density at radius 1 is 1.52 bits per heavy atom. The molecule has 1 fully saturated rings. The number of urea groups is 1. The molecule has 0 saturated carbocycles. The molecule has 2 unspecified atom stereocenters. The second-order valence-corrected chi connectivity index (χ2v) is 6.70. The van der Waals surface area contributed by atoms with E-state index < -0.39 is 0 Å². The Hall–Kier alpha value is -1.07. The van der Waals surface area contributed by atoms with Crippen molar-refractivity contribution >= 4 is 6.03 Å². The SMILES string of the molecule is C=CCN(CCO)C(=O)NCC1CCCOC1C(C)(C)C. The summed E-state index contributed by atoms with van der Waals surface area (Å²) in [6, 6.07) is -0.151. The number of carbonyl (C=O) groups is 1. The lowest BCUT2D eigenvalue weighted by atomic mass is 9.78. The van der Waals surface area contributed by atoms with E-state index in [1.807, 2.05) is 0 Å². The van der Waals surface area contributed by atoms with E-state index in [0.717, 1.165) is 19.4 Å². The van der Waals surface area contributed by atoms with Gasteiger partial charge in [0.2, 0.25) is 0 Å². The van der Waals surface area contributed by atoms with E-state index in [1.54, 1.807) is 11.0 Å². The number of hydrogen-bond acceptors (Lipinski definition) is 3. The fourth-order valence-corrected chi connectivity index (χ4v) is 2.89. The van der Waals surface area contributed by atoms with E-state index in [9.17, 15) is 4.79 Å². The maximum Gasteiger partial charge on any atom is 0.317 e. The summed E-state index contributed by atoms with van der Waals surface area (Å²) in [4.78, 5) is 13.7. The summed E-state index contributed by atoms with van der Waals surface area (Å²) in [6.07, 6.45) is 3.94. The van der Waals surface area contributed by atoms with Crippen molar-refractivity contribution in [3.8, 4) is 0 Å². The molecule has 0 aliphatic carbocycles. The van der Waals surface area contributed by atoms with Gasteiger partial charge in [-0.3, -0.25) is 0 Å².